The van der Waals surface area contributed by atoms with E-state index in [0.717, 1.165) is 28.0 Å². The molecule has 3 nitrogen and oxygen atoms in total. The number of H-pyrrole nitrogens is 1. The van der Waals surface area contributed by atoms with Crippen LogP contribution in [0.3, 0.4) is 0 Å². The van der Waals surface area contributed by atoms with Crippen LogP contribution in [0.5, 0.6) is 0 Å². The molecule has 1 aromatic heterocycles. The van der Waals surface area contributed by atoms with E-state index in [1.807, 2.05) is 12.1 Å². The summed E-state index contributed by atoms with van der Waals surface area (Å²) < 4.78 is 34.7. The molecule has 0 atom stereocenters. The van der Waals surface area contributed by atoms with E-state index in [2.05, 4.69) is 16.3 Å². The van der Waals surface area contributed by atoms with Crippen molar-refractivity contribution in [2.24, 2.45) is 0 Å². The molecule has 0 amide bonds. The van der Waals surface area contributed by atoms with Gasteiger partial charge in [0.25, 0.3) is 0 Å². The molecule has 7 heteroatoms. The molecule has 0 bridgehead atoms. The number of hydrogen-bond donors (Lipinski definition) is 2. The predicted octanol–water partition coefficient (Wildman–Crippen LogP) is 5.28. The number of halogens is 3. The molecule has 1 aromatic carbocycles. The number of fused-ring (bicyclic) bond motifs is 1. The van der Waals surface area contributed by atoms with Gasteiger partial charge in [-0.05, 0) is 30.2 Å². The molecule has 2 rings (SSSR count). The number of ether oxygens (including phenoxy) is 1. The average Bonchev–Trinajstić information content (AvgIpc) is 2.94. The highest BCUT2D eigenvalue weighted by atomic mass is 35.5. The molecule has 122 valence electrons. The first kappa shape index (κ1) is 17.6. The largest absolute Gasteiger partial charge is 0.494 e. The highest BCUT2D eigenvalue weighted by Gasteiger charge is 2.07. The maximum Gasteiger partial charge on any atom is 0.164 e. The second-order valence-corrected chi connectivity index (χ2v) is 5.85. The lowest BCUT2D eigenvalue weighted by Gasteiger charge is -2.04. The number of aromatic nitrogens is 1. The van der Waals surface area contributed by atoms with Crippen molar-refractivity contribution in [3.8, 4) is 0 Å². The standard InChI is InChI=1S/C16H15ClF2N2OS/c1-3-13(19)15(22-2)7-11(18)8-21-23-16-9-20-14-6-10(17)4-5-12(14)16/h3-7,9,20-21H,1,8H2,2H3/b11-7+,15-13-. The quantitative estimate of drug-likeness (QED) is 0.402. The summed E-state index contributed by atoms with van der Waals surface area (Å²) in [6.45, 7) is 3.19. The van der Waals surface area contributed by atoms with Gasteiger partial charge in [-0.2, -0.15) is 0 Å². The fourth-order valence-electron chi connectivity index (χ4n) is 1.86. The van der Waals surface area contributed by atoms with Crippen LogP contribution in [0.4, 0.5) is 8.78 Å². The SMILES string of the molecule is C=C/C(F)=C(\C=C(\F)CNSc1c[nH]c2cc(Cl)ccc12)OC. The van der Waals surface area contributed by atoms with Gasteiger partial charge < -0.3 is 9.72 Å². The van der Waals surface area contributed by atoms with Crippen molar-refractivity contribution in [3.05, 3.63) is 65.6 Å². The lowest BCUT2D eigenvalue weighted by molar-refractivity contribution is 0.291. The van der Waals surface area contributed by atoms with Crippen molar-refractivity contribution in [3.63, 3.8) is 0 Å². The van der Waals surface area contributed by atoms with E-state index in [9.17, 15) is 8.78 Å². The molecule has 0 unspecified atom stereocenters. The molecule has 0 fully saturated rings. The Bertz CT molecular complexity index is 771. The van der Waals surface area contributed by atoms with E-state index in [1.165, 1.54) is 19.1 Å². The van der Waals surface area contributed by atoms with Gasteiger partial charge in [0.2, 0.25) is 0 Å². The Hall–Kier alpha value is -1.76. The molecule has 23 heavy (non-hydrogen) atoms. The number of nitrogens with one attached hydrogen (secondary N) is 2. The molecule has 0 radical (unpaired) electrons. The summed E-state index contributed by atoms with van der Waals surface area (Å²) in [5, 5.41) is 1.62. The highest BCUT2D eigenvalue weighted by molar-refractivity contribution is 7.97. The Kier molecular flexibility index (Phi) is 6.27. The van der Waals surface area contributed by atoms with E-state index in [4.69, 9.17) is 16.3 Å². The number of aromatic amines is 1. The second kappa shape index (κ2) is 8.19. The van der Waals surface area contributed by atoms with Gasteiger partial charge in [0.15, 0.2) is 11.6 Å². The smallest absolute Gasteiger partial charge is 0.164 e. The third-order valence-electron chi connectivity index (χ3n) is 2.95. The van der Waals surface area contributed by atoms with Crippen LogP contribution in [0.25, 0.3) is 10.9 Å². The van der Waals surface area contributed by atoms with Crippen molar-refractivity contribution < 1.29 is 13.5 Å². The van der Waals surface area contributed by atoms with Crippen molar-refractivity contribution in [2.75, 3.05) is 13.7 Å². The van der Waals surface area contributed by atoms with Gasteiger partial charge in [-0.3, -0.25) is 4.72 Å². The molecular weight excluding hydrogens is 342 g/mol. The third kappa shape index (κ3) is 4.60. The van der Waals surface area contributed by atoms with Crippen LogP contribution in [0.1, 0.15) is 0 Å². The molecule has 2 aromatic rings. The van der Waals surface area contributed by atoms with Crippen molar-refractivity contribution >= 4 is 34.5 Å². The van der Waals surface area contributed by atoms with Gasteiger partial charge >= 0.3 is 0 Å². The number of benzene rings is 1. The maximum absolute atomic E-state index is 13.8. The summed E-state index contributed by atoms with van der Waals surface area (Å²) in [7, 11) is 1.27. The lowest BCUT2D eigenvalue weighted by Crippen LogP contribution is -2.06. The number of allylic oxidation sites excluding steroid dienone is 3. The molecule has 0 saturated heterocycles. The number of rotatable bonds is 7. The van der Waals surface area contributed by atoms with Crippen LogP contribution < -0.4 is 4.72 Å². The van der Waals surface area contributed by atoms with Crippen LogP contribution in [-0.2, 0) is 4.74 Å². The Labute approximate surface area is 142 Å². The van der Waals surface area contributed by atoms with E-state index in [0.29, 0.717) is 5.02 Å². The fourth-order valence-corrected chi connectivity index (χ4v) is 2.80. The monoisotopic (exact) mass is 356 g/mol. The van der Waals surface area contributed by atoms with Crippen LogP contribution in [0.15, 0.2) is 65.4 Å². The minimum Gasteiger partial charge on any atom is -0.494 e. The zero-order valence-electron chi connectivity index (χ0n) is 12.3. The summed E-state index contributed by atoms with van der Waals surface area (Å²) >= 11 is 7.18. The molecule has 1 heterocycles. The number of methoxy groups -OCH3 is 1. The minimum absolute atomic E-state index is 0.0811. The highest BCUT2D eigenvalue weighted by Crippen LogP contribution is 2.28. The predicted molar refractivity (Wildman–Crippen MR) is 91.7 cm³/mol. The van der Waals surface area contributed by atoms with Crippen molar-refractivity contribution in [1.82, 2.24) is 9.71 Å². The van der Waals surface area contributed by atoms with E-state index in [1.54, 1.807) is 12.3 Å². The number of hydrogen-bond acceptors (Lipinski definition) is 3. The van der Waals surface area contributed by atoms with Crippen LogP contribution in [-0.4, -0.2) is 18.6 Å². The van der Waals surface area contributed by atoms with Gasteiger partial charge in [0.05, 0.1) is 13.7 Å². The van der Waals surface area contributed by atoms with Crippen LogP contribution in [0.2, 0.25) is 5.02 Å². The van der Waals surface area contributed by atoms with Gasteiger partial charge in [0, 0.05) is 33.1 Å². The molecule has 0 aliphatic rings. The Morgan fingerprint density at radius 1 is 1.48 bits per heavy atom. The minimum atomic E-state index is -0.719. The normalized spacial score (nSPS) is 13.1. The van der Waals surface area contributed by atoms with Crippen molar-refractivity contribution in [2.45, 2.75) is 4.90 Å². The van der Waals surface area contributed by atoms with Crippen LogP contribution in [0, 0.1) is 0 Å². The van der Waals surface area contributed by atoms with Crippen molar-refractivity contribution in [1.29, 1.82) is 0 Å². The zero-order chi connectivity index (χ0) is 16.8. The fraction of sp³-hybridized carbons (Fsp3) is 0.125. The molecule has 0 saturated carbocycles. The second-order valence-electron chi connectivity index (χ2n) is 4.48. The van der Waals surface area contributed by atoms with Gasteiger partial charge in [0.1, 0.15) is 5.83 Å². The van der Waals surface area contributed by atoms with Gasteiger partial charge in [-0.1, -0.05) is 24.2 Å². The first-order valence-electron chi connectivity index (χ1n) is 6.63. The molecule has 0 aliphatic carbocycles. The average molecular weight is 357 g/mol. The Morgan fingerprint density at radius 2 is 2.26 bits per heavy atom. The summed E-state index contributed by atoms with van der Waals surface area (Å²) in [6.07, 6.45) is 3.75. The molecule has 0 spiro atoms. The molecule has 2 N–H and O–H groups in total. The lowest BCUT2D eigenvalue weighted by atomic mass is 10.2. The van der Waals surface area contributed by atoms with Gasteiger partial charge in [-0.25, -0.2) is 8.78 Å². The summed E-state index contributed by atoms with van der Waals surface area (Å²) in [6, 6.07) is 5.49. The Morgan fingerprint density at radius 3 is 2.96 bits per heavy atom. The topological polar surface area (TPSA) is 37.0 Å². The maximum atomic E-state index is 13.8. The first-order valence-corrected chi connectivity index (χ1v) is 7.83. The van der Waals surface area contributed by atoms with Gasteiger partial charge in [-0.15, -0.1) is 0 Å². The third-order valence-corrected chi connectivity index (χ3v) is 4.03. The summed E-state index contributed by atoms with van der Waals surface area (Å²) in [5.41, 5.74) is 0.899. The summed E-state index contributed by atoms with van der Waals surface area (Å²) in [5.74, 6) is -1.48. The van der Waals surface area contributed by atoms with E-state index in [-0.39, 0.29) is 12.3 Å². The summed E-state index contributed by atoms with van der Waals surface area (Å²) in [4.78, 5) is 4.00. The van der Waals surface area contributed by atoms with Crippen LogP contribution >= 0.6 is 23.5 Å². The van der Waals surface area contributed by atoms with E-state index >= 15 is 0 Å². The zero-order valence-corrected chi connectivity index (χ0v) is 13.9. The van der Waals surface area contributed by atoms with E-state index < -0.39 is 11.7 Å². The molecular formula is C16H15ClF2N2OS. The Balaban J connectivity index is 1.99. The first-order chi connectivity index (χ1) is 11.0. The molecule has 0 aliphatic heterocycles.